The van der Waals surface area contributed by atoms with Crippen molar-refractivity contribution in [3.05, 3.63) is 0 Å². The van der Waals surface area contributed by atoms with E-state index in [2.05, 4.69) is 5.32 Å². The number of carbonyl (C=O) groups excluding carboxylic acids is 2. The van der Waals surface area contributed by atoms with E-state index in [1.807, 2.05) is 13.8 Å². The van der Waals surface area contributed by atoms with Crippen molar-refractivity contribution in [2.45, 2.75) is 52.5 Å². The van der Waals surface area contributed by atoms with Gasteiger partial charge in [0, 0.05) is 6.92 Å². The van der Waals surface area contributed by atoms with Crippen molar-refractivity contribution >= 4 is 11.9 Å². The van der Waals surface area contributed by atoms with E-state index < -0.39 is 5.54 Å². The maximum Gasteiger partial charge on any atom is 0.331 e. The standard InChI is InChI=1S/C11H21NO3/c1-5-8-11(6-2,12-9(4)13)10(14)15-7-3/h5-8H2,1-4H3,(H,12,13). The van der Waals surface area contributed by atoms with Crippen molar-refractivity contribution in [1.29, 1.82) is 0 Å². The number of esters is 1. The molecule has 0 aromatic heterocycles. The molecular formula is C11H21NO3. The summed E-state index contributed by atoms with van der Waals surface area (Å²) in [6.07, 6.45) is 1.99. The maximum atomic E-state index is 11.8. The fourth-order valence-electron chi connectivity index (χ4n) is 1.66. The Morgan fingerprint density at radius 2 is 1.87 bits per heavy atom. The molecule has 0 rings (SSSR count). The summed E-state index contributed by atoms with van der Waals surface area (Å²) in [5, 5.41) is 2.72. The summed E-state index contributed by atoms with van der Waals surface area (Å²) >= 11 is 0. The average Bonchev–Trinajstić information content (AvgIpc) is 2.16. The van der Waals surface area contributed by atoms with Crippen LogP contribution in [0.3, 0.4) is 0 Å². The second-order valence-corrected chi connectivity index (χ2v) is 3.59. The smallest absolute Gasteiger partial charge is 0.331 e. The average molecular weight is 215 g/mol. The minimum atomic E-state index is -0.837. The predicted octanol–water partition coefficient (Wildman–Crippen LogP) is 1.63. The number of amides is 1. The van der Waals surface area contributed by atoms with Crippen LogP contribution in [0.5, 0.6) is 0 Å². The molecule has 0 saturated carbocycles. The van der Waals surface area contributed by atoms with Gasteiger partial charge in [-0.1, -0.05) is 20.3 Å². The number of hydrogen-bond acceptors (Lipinski definition) is 3. The number of rotatable bonds is 6. The minimum absolute atomic E-state index is 0.196. The first-order valence-corrected chi connectivity index (χ1v) is 5.48. The molecule has 0 fully saturated rings. The molecular weight excluding hydrogens is 194 g/mol. The second kappa shape index (κ2) is 6.43. The molecule has 0 spiro atoms. The Labute approximate surface area is 91.4 Å². The van der Waals surface area contributed by atoms with Gasteiger partial charge in [-0.2, -0.15) is 0 Å². The van der Waals surface area contributed by atoms with Gasteiger partial charge in [-0.15, -0.1) is 0 Å². The monoisotopic (exact) mass is 215 g/mol. The zero-order valence-electron chi connectivity index (χ0n) is 10.1. The van der Waals surface area contributed by atoms with Crippen molar-refractivity contribution in [2.75, 3.05) is 6.61 Å². The van der Waals surface area contributed by atoms with Gasteiger partial charge >= 0.3 is 5.97 Å². The van der Waals surface area contributed by atoms with Crippen molar-refractivity contribution in [3.63, 3.8) is 0 Å². The summed E-state index contributed by atoms with van der Waals surface area (Å²) in [7, 11) is 0. The SMILES string of the molecule is CCCC(CC)(NC(C)=O)C(=O)OCC. The molecule has 15 heavy (non-hydrogen) atoms. The number of ether oxygens (including phenoxy) is 1. The molecule has 0 heterocycles. The summed E-state index contributed by atoms with van der Waals surface area (Å²) in [6.45, 7) is 7.37. The molecule has 1 atom stereocenters. The molecule has 1 amide bonds. The second-order valence-electron chi connectivity index (χ2n) is 3.59. The van der Waals surface area contributed by atoms with E-state index in [0.717, 1.165) is 6.42 Å². The van der Waals surface area contributed by atoms with Crippen LogP contribution in [0.15, 0.2) is 0 Å². The Morgan fingerprint density at radius 1 is 1.27 bits per heavy atom. The van der Waals surface area contributed by atoms with E-state index in [1.54, 1.807) is 6.92 Å². The van der Waals surface area contributed by atoms with Gasteiger partial charge in [-0.05, 0) is 19.8 Å². The Hall–Kier alpha value is -1.06. The molecule has 1 unspecified atom stereocenters. The zero-order chi connectivity index (χ0) is 11.9. The van der Waals surface area contributed by atoms with E-state index in [-0.39, 0.29) is 11.9 Å². The van der Waals surface area contributed by atoms with Crippen LogP contribution in [-0.2, 0) is 14.3 Å². The number of carbonyl (C=O) groups is 2. The maximum absolute atomic E-state index is 11.8. The van der Waals surface area contributed by atoms with Gasteiger partial charge in [0.05, 0.1) is 6.61 Å². The first kappa shape index (κ1) is 13.9. The minimum Gasteiger partial charge on any atom is -0.464 e. The molecule has 0 bridgehead atoms. The lowest BCUT2D eigenvalue weighted by molar-refractivity contribution is -0.153. The third-order valence-electron chi connectivity index (χ3n) is 2.36. The van der Waals surface area contributed by atoms with Crippen LogP contribution in [0.4, 0.5) is 0 Å². The molecule has 88 valence electrons. The molecule has 0 saturated heterocycles. The van der Waals surface area contributed by atoms with Crippen LogP contribution < -0.4 is 5.32 Å². The summed E-state index contributed by atoms with van der Waals surface area (Å²) in [5.41, 5.74) is -0.837. The van der Waals surface area contributed by atoms with Crippen LogP contribution in [0.2, 0.25) is 0 Å². The van der Waals surface area contributed by atoms with Crippen molar-refractivity contribution < 1.29 is 14.3 Å². The van der Waals surface area contributed by atoms with Crippen molar-refractivity contribution in [3.8, 4) is 0 Å². The molecule has 0 aliphatic carbocycles. The van der Waals surface area contributed by atoms with Crippen LogP contribution in [0.25, 0.3) is 0 Å². The summed E-state index contributed by atoms with van der Waals surface area (Å²) in [4.78, 5) is 22.9. The highest BCUT2D eigenvalue weighted by Crippen LogP contribution is 2.19. The van der Waals surface area contributed by atoms with Gasteiger partial charge in [0.2, 0.25) is 5.91 Å². The third kappa shape index (κ3) is 3.90. The molecule has 0 aromatic carbocycles. The van der Waals surface area contributed by atoms with Crippen molar-refractivity contribution in [1.82, 2.24) is 5.32 Å². The molecule has 0 radical (unpaired) electrons. The van der Waals surface area contributed by atoms with Gasteiger partial charge in [0.25, 0.3) is 0 Å². The van der Waals surface area contributed by atoms with Crippen LogP contribution >= 0.6 is 0 Å². The lowest BCUT2D eigenvalue weighted by Crippen LogP contribution is -2.54. The quantitative estimate of drug-likeness (QED) is 0.685. The Kier molecular flexibility index (Phi) is 5.97. The van der Waals surface area contributed by atoms with E-state index in [0.29, 0.717) is 19.4 Å². The molecule has 0 aliphatic rings. The van der Waals surface area contributed by atoms with E-state index in [1.165, 1.54) is 6.92 Å². The highest BCUT2D eigenvalue weighted by molar-refractivity contribution is 5.87. The lowest BCUT2D eigenvalue weighted by Gasteiger charge is -2.30. The third-order valence-corrected chi connectivity index (χ3v) is 2.36. The van der Waals surface area contributed by atoms with Crippen LogP contribution in [0.1, 0.15) is 47.0 Å². The Morgan fingerprint density at radius 3 is 2.20 bits per heavy atom. The van der Waals surface area contributed by atoms with E-state index in [9.17, 15) is 9.59 Å². The van der Waals surface area contributed by atoms with Gasteiger partial charge in [-0.25, -0.2) is 4.79 Å². The summed E-state index contributed by atoms with van der Waals surface area (Å²) < 4.78 is 5.00. The first-order valence-electron chi connectivity index (χ1n) is 5.48. The highest BCUT2D eigenvalue weighted by atomic mass is 16.5. The number of hydrogen-bond donors (Lipinski definition) is 1. The van der Waals surface area contributed by atoms with Gasteiger partial charge in [-0.3, -0.25) is 4.79 Å². The van der Waals surface area contributed by atoms with Gasteiger partial charge in [0.1, 0.15) is 5.54 Å². The van der Waals surface area contributed by atoms with Gasteiger partial charge in [0.15, 0.2) is 0 Å². The van der Waals surface area contributed by atoms with Gasteiger partial charge < -0.3 is 10.1 Å². The number of nitrogens with one attached hydrogen (secondary N) is 1. The largest absolute Gasteiger partial charge is 0.464 e. The topological polar surface area (TPSA) is 55.4 Å². The fraction of sp³-hybridized carbons (Fsp3) is 0.818. The zero-order valence-corrected chi connectivity index (χ0v) is 10.1. The van der Waals surface area contributed by atoms with Crippen LogP contribution in [-0.4, -0.2) is 24.0 Å². The van der Waals surface area contributed by atoms with E-state index in [4.69, 9.17) is 4.74 Å². The normalized spacial score (nSPS) is 14.1. The molecule has 4 heteroatoms. The Balaban J connectivity index is 4.77. The molecule has 1 N–H and O–H groups in total. The highest BCUT2D eigenvalue weighted by Gasteiger charge is 2.37. The Bertz CT molecular complexity index is 228. The summed E-state index contributed by atoms with van der Waals surface area (Å²) in [6, 6.07) is 0. The van der Waals surface area contributed by atoms with Crippen molar-refractivity contribution in [2.24, 2.45) is 0 Å². The molecule has 0 aromatic rings. The molecule has 4 nitrogen and oxygen atoms in total. The first-order chi connectivity index (χ1) is 7.02. The fourth-order valence-corrected chi connectivity index (χ4v) is 1.66. The predicted molar refractivity (Wildman–Crippen MR) is 58.4 cm³/mol. The lowest BCUT2D eigenvalue weighted by atomic mass is 9.90. The van der Waals surface area contributed by atoms with E-state index >= 15 is 0 Å². The molecule has 0 aliphatic heterocycles. The van der Waals surface area contributed by atoms with Crippen LogP contribution in [0, 0.1) is 0 Å². The summed E-state index contributed by atoms with van der Waals surface area (Å²) in [5.74, 6) is -0.525.